The van der Waals surface area contributed by atoms with E-state index in [1.54, 1.807) is 12.1 Å². The van der Waals surface area contributed by atoms with Crippen molar-refractivity contribution in [1.29, 1.82) is 0 Å². The molecule has 0 spiro atoms. The first-order valence-corrected chi connectivity index (χ1v) is 17.8. The third kappa shape index (κ3) is 3.89. The summed E-state index contributed by atoms with van der Waals surface area (Å²) in [6.45, 7) is 0. The Morgan fingerprint density at radius 2 is 1.18 bits per heavy atom. The zero-order chi connectivity index (χ0) is 21.5. The van der Waals surface area contributed by atoms with Gasteiger partial charge in [0.25, 0.3) is 0 Å². The SMILES string of the molecule is Cl.Cl.[CH3][Zr]([c]1ccccc1)([c]1ccccc1)[CH]1c2ccccc2-c2cccc(C3=CC=CC3)c21. The molecule has 0 radical (unpaired) electrons. The van der Waals surface area contributed by atoms with Crippen molar-refractivity contribution < 1.29 is 20.3 Å². The second kappa shape index (κ2) is 10.2. The summed E-state index contributed by atoms with van der Waals surface area (Å²) in [5.74, 6) is 0. The van der Waals surface area contributed by atoms with Crippen LogP contribution in [-0.4, -0.2) is 0 Å². The second-order valence-electron chi connectivity index (χ2n) is 9.05. The molecule has 0 heterocycles. The number of allylic oxidation sites excluding steroid dienone is 4. The summed E-state index contributed by atoms with van der Waals surface area (Å²) in [4.78, 5) is 0. The average Bonchev–Trinajstić information content (AvgIpc) is 3.51. The Bertz CT molecular complexity index is 1320. The van der Waals surface area contributed by atoms with Gasteiger partial charge in [0.1, 0.15) is 0 Å². The average molecular weight is 563 g/mol. The number of rotatable bonds is 4. The number of benzene rings is 4. The van der Waals surface area contributed by atoms with E-state index in [1.165, 1.54) is 27.8 Å². The minimum atomic E-state index is -3.22. The van der Waals surface area contributed by atoms with Gasteiger partial charge in [-0.1, -0.05) is 0 Å². The molecule has 4 aromatic carbocycles. The van der Waals surface area contributed by atoms with E-state index in [1.807, 2.05) is 0 Å². The molecule has 0 fully saturated rings. The van der Waals surface area contributed by atoms with Gasteiger partial charge in [0.05, 0.1) is 0 Å². The van der Waals surface area contributed by atoms with Gasteiger partial charge >= 0.3 is 196 Å². The molecular weight excluding hydrogens is 534 g/mol. The van der Waals surface area contributed by atoms with E-state index in [0.717, 1.165) is 6.42 Å². The number of hydrogen-bond acceptors (Lipinski definition) is 0. The van der Waals surface area contributed by atoms with Crippen molar-refractivity contribution in [2.75, 3.05) is 0 Å². The summed E-state index contributed by atoms with van der Waals surface area (Å²) in [6, 6.07) is 38.9. The molecule has 0 saturated carbocycles. The van der Waals surface area contributed by atoms with E-state index in [9.17, 15) is 0 Å². The second-order valence-corrected chi connectivity index (χ2v) is 19.2. The summed E-state index contributed by atoms with van der Waals surface area (Å²) in [6.07, 6.45) is 7.83. The summed E-state index contributed by atoms with van der Waals surface area (Å²) in [7, 11) is 0. The summed E-state index contributed by atoms with van der Waals surface area (Å²) in [5, 5.41) is 0. The van der Waals surface area contributed by atoms with Gasteiger partial charge in [0, 0.05) is 0 Å². The van der Waals surface area contributed by atoms with Crippen LogP contribution < -0.4 is 6.54 Å². The number of halogens is 2. The Labute approximate surface area is 219 Å². The fraction of sp³-hybridized carbons (Fsp3) is 0.0968. The quantitative estimate of drug-likeness (QED) is 0.238. The zero-order valence-corrected chi connectivity index (χ0v) is 23.2. The normalized spacial score (nSPS) is 15.6. The molecule has 0 bridgehead atoms. The first-order chi connectivity index (χ1) is 15.8. The molecule has 3 heteroatoms. The molecular formula is C31H28Cl2Zr. The van der Waals surface area contributed by atoms with E-state index in [0.29, 0.717) is 3.63 Å². The van der Waals surface area contributed by atoms with Crippen LogP contribution in [0.3, 0.4) is 0 Å². The predicted molar refractivity (Wildman–Crippen MR) is 148 cm³/mol. The van der Waals surface area contributed by atoms with Gasteiger partial charge in [-0.15, -0.1) is 24.8 Å². The first kappa shape index (κ1) is 24.9. The van der Waals surface area contributed by atoms with Crippen molar-refractivity contribution in [2.45, 2.75) is 14.7 Å². The van der Waals surface area contributed by atoms with Crippen LogP contribution in [0, 0.1) is 0 Å². The molecule has 0 amide bonds. The standard InChI is InChI=1S/C18H13.2C6H5.CH3.2ClH.Zr/c1-2-7-13(6-1)15-10-5-11-17-16-9-4-3-8-14(16)12-18(15)17;2*1-2-4-6-5-3-1;;;;/h1-6,8-12H,7H2;2*1-5H;1H3;2*1H;. The van der Waals surface area contributed by atoms with Crippen LogP contribution in [0.15, 0.2) is 121 Å². The molecule has 0 nitrogen and oxygen atoms in total. The predicted octanol–water partition coefficient (Wildman–Crippen LogP) is 7.80. The van der Waals surface area contributed by atoms with Crippen molar-refractivity contribution in [3.05, 3.63) is 138 Å². The van der Waals surface area contributed by atoms with Gasteiger partial charge in [-0.25, -0.2) is 0 Å². The molecule has 34 heavy (non-hydrogen) atoms. The maximum absolute atomic E-state index is 3.22. The first-order valence-electron chi connectivity index (χ1n) is 11.5. The van der Waals surface area contributed by atoms with Crippen LogP contribution in [0.1, 0.15) is 26.7 Å². The summed E-state index contributed by atoms with van der Waals surface area (Å²) >= 11 is -3.22. The fourth-order valence-electron chi connectivity index (χ4n) is 5.86. The van der Waals surface area contributed by atoms with Crippen molar-refractivity contribution in [3.63, 3.8) is 0 Å². The summed E-state index contributed by atoms with van der Waals surface area (Å²) in [5.41, 5.74) is 8.85. The third-order valence-electron chi connectivity index (χ3n) is 7.40. The fourth-order valence-corrected chi connectivity index (χ4v) is 17.0. The van der Waals surface area contributed by atoms with E-state index in [-0.39, 0.29) is 24.8 Å². The minimum absolute atomic E-state index is 0. The van der Waals surface area contributed by atoms with E-state index in [2.05, 4.69) is 126 Å². The molecule has 170 valence electrons. The van der Waals surface area contributed by atoms with Crippen molar-refractivity contribution in [1.82, 2.24) is 0 Å². The van der Waals surface area contributed by atoms with Crippen molar-refractivity contribution in [3.8, 4) is 11.1 Å². The molecule has 6 rings (SSSR count). The third-order valence-corrected chi connectivity index (χ3v) is 19.2. The molecule has 4 aromatic rings. The Balaban J connectivity index is 0.00000137. The topological polar surface area (TPSA) is 0 Å². The van der Waals surface area contributed by atoms with Crippen molar-refractivity contribution in [2.24, 2.45) is 0 Å². The van der Waals surface area contributed by atoms with Crippen LogP contribution in [-0.2, 0) is 20.3 Å². The van der Waals surface area contributed by atoms with Gasteiger partial charge < -0.3 is 0 Å². The maximum atomic E-state index is 2.65. The Morgan fingerprint density at radius 1 is 0.618 bits per heavy atom. The van der Waals surface area contributed by atoms with Gasteiger partial charge in [0.2, 0.25) is 0 Å². The monoisotopic (exact) mass is 560 g/mol. The van der Waals surface area contributed by atoms with Crippen LogP contribution in [0.2, 0.25) is 4.63 Å². The van der Waals surface area contributed by atoms with Gasteiger partial charge in [-0.05, 0) is 0 Å². The Kier molecular flexibility index (Phi) is 7.49. The van der Waals surface area contributed by atoms with Crippen molar-refractivity contribution >= 4 is 36.9 Å². The zero-order valence-electron chi connectivity index (χ0n) is 19.1. The van der Waals surface area contributed by atoms with Crippen LogP contribution >= 0.6 is 24.8 Å². The molecule has 0 N–H and O–H groups in total. The molecule has 0 saturated heterocycles. The number of fused-ring (bicyclic) bond motifs is 3. The van der Waals surface area contributed by atoms with E-state index >= 15 is 0 Å². The molecule has 1 atom stereocenters. The Morgan fingerprint density at radius 3 is 1.79 bits per heavy atom. The Hall–Kier alpha value is -2.18. The van der Waals surface area contributed by atoms with E-state index in [4.69, 9.17) is 0 Å². The van der Waals surface area contributed by atoms with Crippen LogP contribution in [0.5, 0.6) is 0 Å². The van der Waals surface area contributed by atoms with E-state index < -0.39 is 20.3 Å². The van der Waals surface area contributed by atoms with Gasteiger partial charge in [-0.3, -0.25) is 0 Å². The van der Waals surface area contributed by atoms with Crippen LogP contribution in [0.4, 0.5) is 0 Å². The number of hydrogen-bond donors (Lipinski definition) is 0. The van der Waals surface area contributed by atoms with Gasteiger partial charge in [0.15, 0.2) is 0 Å². The summed E-state index contributed by atoms with van der Waals surface area (Å²) < 4.78 is 6.22. The van der Waals surface area contributed by atoms with Crippen LogP contribution in [0.25, 0.3) is 16.7 Å². The molecule has 2 aliphatic rings. The molecule has 1 unspecified atom stereocenters. The molecule has 0 aromatic heterocycles. The molecule has 0 aliphatic heterocycles. The van der Waals surface area contributed by atoms with Gasteiger partial charge in [-0.2, -0.15) is 0 Å². The molecule has 2 aliphatic carbocycles.